The number of aryl methyl sites for hydroxylation is 3. The van der Waals surface area contributed by atoms with E-state index >= 15 is 0 Å². The van der Waals surface area contributed by atoms with Crippen LogP contribution < -0.4 is 31.9 Å². The van der Waals surface area contributed by atoms with Gasteiger partial charge in [0.05, 0.1) is 134 Å². The third-order valence-corrected chi connectivity index (χ3v) is 26.1. The minimum absolute atomic E-state index is 0.0840. The van der Waals surface area contributed by atoms with Crippen molar-refractivity contribution in [3.8, 4) is 0 Å². The third kappa shape index (κ3) is 22.0. The van der Waals surface area contributed by atoms with Crippen molar-refractivity contribution in [2.45, 2.75) is 115 Å². The smallest absolute Gasteiger partial charge is 0.410 e. The van der Waals surface area contributed by atoms with Crippen molar-refractivity contribution in [3.05, 3.63) is 282 Å². The van der Waals surface area contributed by atoms with Crippen molar-refractivity contribution in [2.75, 3.05) is 103 Å². The number of aromatic nitrogens is 9. The van der Waals surface area contributed by atoms with Gasteiger partial charge in [-0.25, -0.2) is 47.4 Å². The quantitative estimate of drug-likeness (QED) is 0.0519. The SMILES string of the molecule is CC(=O)NC(C1=Cc2cccnc2[C@@H](N2CCN(C(=O)OC3CCOCC3)CC2)c2ccc(Cl)cc21)c1cncn1C.Cn1cncc1C(NC(=O)NC(C)(C)C)C1=Cc2cccnc2[C@@H](N2CCN(S(C)(=O)=O)CC2)c2ccc(Cl)cc21.[C-]#[N+]c1ccc(NC(=O)N2CCN([C@H]3c4ccc(Cl)cc4C(C(NC(=O)NC(C)(C)C)c4cncn4C)=Cc4cccnc43)CC2)cc1. The first kappa shape index (κ1) is 93.5. The van der Waals surface area contributed by atoms with Gasteiger partial charge in [-0.2, -0.15) is 4.31 Å². The molecule has 7 aliphatic rings. The van der Waals surface area contributed by atoms with Crippen LogP contribution in [0, 0.1) is 6.57 Å². The van der Waals surface area contributed by atoms with Crippen molar-refractivity contribution in [2.24, 2.45) is 21.1 Å². The fourth-order valence-electron chi connectivity index (χ4n) is 18.0. The van der Waals surface area contributed by atoms with Crippen LogP contribution in [0.5, 0.6) is 0 Å². The molecule has 3 unspecified atom stereocenters. The van der Waals surface area contributed by atoms with E-state index in [1.165, 1.54) is 17.5 Å². The van der Waals surface area contributed by atoms with Gasteiger partial charge >= 0.3 is 24.2 Å². The summed E-state index contributed by atoms with van der Waals surface area (Å²) in [5.74, 6) is -0.151. The average molecular weight is 1850 g/mol. The van der Waals surface area contributed by atoms with Crippen LogP contribution in [0.2, 0.25) is 15.1 Å². The van der Waals surface area contributed by atoms with Crippen LogP contribution in [0.15, 0.2) is 171 Å². The topological polar surface area (TPSA) is 326 Å². The van der Waals surface area contributed by atoms with Crippen LogP contribution in [-0.4, -0.2) is 226 Å². The second-order valence-corrected chi connectivity index (χ2v) is 38.9. The van der Waals surface area contributed by atoms with Gasteiger partial charge in [0.15, 0.2) is 5.69 Å². The number of hydrogen-bond donors (Lipinski definition) is 6. The number of anilines is 1. The number of nitrogens with zero attached hydrogens (tertiary/aromatic N) is 16. The number of carbonyl (C=O) groups excluding carboxylic acids is 5. The molecular formula is C96H109Cl3N22O9S. The first-order valence-corrected chi connectivity index (χ1v) is 46.7. The van der Waals surface area contributed by atoms with Crippen LogP contribution in [-0.2, 0) is 45.4 Å². The van der Waals surface area contributed by atoms with E-state index in [9.17, 15) is 32.4 Å². The van der Waals surface area contributed by atoms with Crippen molar-refractivity contribution < 1.29 is 41.9 Å². The zero-order valence-corrected chi connectivity index (χ0v) is 78.2. The Morgan fingerprint density at radius 2 is 0.870 bits per heavy atom. The number of amides is 8. The first-order valence-electron chi connectivity index (χ1n) is 43.7. The summed E-state index contributed by atoms with van der Waals surface area (Å²) in [5, 5.41) is 20.3. The fourth-order valence-corrected chi connectivity index (χ4v) is 19.3. The minimum atomic E-state index is -3.28. The van der Waals surface area contributed by atoms with Crippen LogP contribution in [0.3, 0.4) is 0 Å². The Kier molecular flexibility index (Phi) is 28.8. The normalized spacial score (nSPS) is 18.5. The van der Waals surface area contributed by atoms with E-state index in [1.54, 1.807) is 84.0 Å². The molecule has 4 aliphatic heterocycles. The predicted molar refractivity (Wildman–Crippen MR) is 507 cm³/mol. The largest absolute Gasteiger partial charge is 0.446 e. The van der Waals surface area contributed by atoms with E-state index in [2.05, 4.69) is 96.8 Å². The summed E-state index contributed by atoms with van der Waals surface area (Å²) in [4.78, 5) is 107. The molecule has 3 aliphatic carbocycles. The lowest BCUT2D eigenvalue weighted by Crippen LogP contribution is -2.51. The number of nitrogens with one attached hydrogen (secondary N) is 6. The fraction of sp³-hybridized carbons (Fsp3) is 0.375. The van der Waals surface area contributed by atoms with Gasteiger partial charge in [-0.1, -0.05) is 83.3 Å². The molecule has 131 heavy (non-hydrogen) atoms. The number of pyridine rings is 3. The highest BCUT2D eigenvalue weighted by molar-refractivity contribution is 7.88. The summed E-state index contributed by atoms with van der Waals surface area (Å²) in [6.45, 7) is 28.1. The van der Waals surface area contributed by atoms with Crippen molar-refractivity contribution >= 4 is 121 Å². The summed E-state index contributed by atoms with van der Waals surface area (Å²) in [6, 6.07) is 33.3. The van der Waals surface area contributed by atoms with E-state index < -0.39 is 39.2 Å². The minimum Gasteiger partial charge on any atom is -0.446 e. The van der Waals surface area contributed by atoms with Gasteiger partial charge in [-0.05, 0) is 193 Å². The number of carbonyl (C=O) groups is 5. The summed E-state index contributed by atoms with van der Waals surface area (Å²) in [6.07, 6.45) is 24.5. The first-order chi connectivity index (χ1) is 62.7. The highest BCUT2D eigenvalue weighted by atomic mass is 35.5. The molecule has 6 atom stereocenters. The van der Waals surface area contributed by atoms with Crippen LogP contribution in [0.1, 0.15) is 182 Å². The molecule has 4 saturated heterocycles. The average Bonchev–Trinajstić information content (AvgIpc) is 1.63. The van der Waals surface area contributed by atoms with Gasteiger partial charge < -0.3 is 64.9 Å². The molecule has 35 heteroatoms. The molecule has 4 fully saturated rings. The maximum atomic E-state index is 13.4. The van der Waals surface area contributed by atoms with Crippen LogP contribution in [0.25, 0.3) is 39.8 Å². The molecule has 0 saturated carbocycles. The zero-order valence-electron chi connectivity index (χ0n) is 75.1. The van der Waals surface area contributed by atoms with Crippen molar-refractivity contribution in [3.63, 3.8) is 0 Å². The second-order valence-electron chi connectivity index (χ2n) is 35.6. The lowest BCUT2D eigenvalue weighted by molar-refractivity contribution is -0.119. The second kappa shape index (κ2) is 40.3. The molecule has 0 radical (unpaired) electrons. The van der Waals surface area contributed by atoms with Crippen LogP contribution in [0.4, 0.5) is 30.6 Å². The molecule has 8 amide bonds. The summed E-state index contributed by atoms with van der Waals surface area (Å²) >= 11 is 19.9. The standard InChI is InChI=1S/C36H38ClN9O2.C31H35ClN6O4.C29H36ClN7O3S/c1-36(2,3)43-34(47)42-32(30-21-39-22-44(30)5)29-19-23-7-6-14-40-31(23)33(27-13-8-24(37)20-28(27)29)45-15-17-46(18-16-45)35(48)41-26-11-9-25(38-4)10-12-26;1-20(39)35-29(27-18-33-19-36(27)2)26-16-21-4-3-9-34-28(21)30(24-6-5-22(32)17-25(24)26)37-10-12-38(13-11-37)31(40)42-23-7-14-41-15-8-23;1-29(2,3)34-28(38)33-26(24-17-31-18-35(24)4)23-15-19-7-6-10-32-25(19)27(21-9-8-20(30)16-22(21)23)36-11-13-37(14-12-36)41(5,39)40/h6-14,19-22,32-33H,15-18H2,1-3,5H3,(H,41,48)(H2,42,43,47);3-6,9,16-19,23,29-30H,7-8,10-15H2,1-2H3,(H,35,39);6-10,15-18,26-27H,11-14H2,1-5H3,(H2,33,34,38)/t32?,33-;29?,30-;26?,27-/m000/s1. The number of fused-ring (bicyclic) bond motifs is 6. The third-order valence-electron chi connectivity index (χ3n) is 24.1. The Bertz CT molecular complexity index is 6140. The maximum Gasteiger partial charge on any atom is 0.410 e. The molecule has 6 aromatic heterocycles. The number of hydrogen-bond acceptors (Lipinski definition) is 18. The van der Waals surface area contributed by atoms with E-state index in [0.29, 0.717) is 118 Å². The summed E-state index contributed by atoms with van der Waals surface area (Å²) in [5.41, 5.74) is 16.6. The Labute approximate surface area is 778 Å². The van der Waals surface area contributed by atoms with E-state index in [1.807, 2.05) is 161 Å². The number of benzene rings is 4. The molecule has 4 aromatic carbocycles. The number of sulfonamides is 1. The van der Waals surface area contributed by atoms with Crippen LogP contribution >= 0.6 is 34.8 Å². The maximum absolute atomic E-state index is 13.4. The van der Waals surface area contributed by atoms with Gasteiger partial charge in [0.2, 0.25) is 15.9 Å². The number of ether oxygens (including phenoxy) is 2. The number of urea groups is 3. The number of imidazole rings is 3. The molecule has 10 heterocycles. The number of rotatable bonds is 15. The van der Waals surface area contributed by atoms with E-state index in [-0.39, 0.29) is 54.3 Å². The highest BCUT2D eigenvalue weighted by Gasteiger charge is 2.42. The molecule has 0 bridgehead atoms. The Hall–Kier alpha value is -12.2. The monoisotopic (exact) mass is 1850 g/mol. The van der Waals surface area contributed by atoms with Crippen molar-refractivity contribution in [1.29, 1.82) is 0 Å². The molecule has 31 nitrogen and oxygen atoms in total. The summed E-state index contributed by atoms with van der Waals surface area (Å²) in [7, 11) is 2.44. The molecule has 6 N–H and O–H groups in total. The number of piperazine rings is 3. The molecular weight excluding hydrogens is 1740 g/mol. The van der Waals surface area contributed by atoms with Gasteiger partial charge in [0.1, 0.15) is 6.10 Å². The molecule has 684 valence electrons. The summed E-state index contributed by atoms with van der Waals surface area (Å²) < 4.78 is 42.8. The van der Waals surface area contributed by atoms with E-state index in [0.717, 1.165) is 114 Å². The van der Waals surface area contributed by atoms with Gasteiger partial charge in [-0.15, -0.1) is 0 Å². The Balaban J connectivity index is 0.000000151. The van der Waals surface area contributed by atoms with Crippen molar-refractivity contribution in [1.82, 2.24) is 99.0 Å². The molecule has 10 aromatic rings. The molecule has 0 spiro atoms. The predicted octanol–water partition coefficient (Wildman–Crippen LogP) is 14.7. The van der Waals surface area contributed by atoms with E-state index in [4.69, 9.17) is 65.8 Å². The van der Waals surface area contributed by atoms with Gasteiger partial charge in [0, 0.05) is 170 Å². The highest BCUT2D eigenvalue weighted by Crippen LogP contribution is 2.49. The zero-order chi connectivity index (χ0) is 92.7. The van der Waals surface area contributed by atoms with Gasteiger partial charge in [0.25, 0.3) is 0 Å². The lowest BCUT2D eigenvalue weighted by Gasteiger charge is -2.40. The van der Waals surface area contributed by atoms with Gasteiger partial charge in [-0.3, -0.25) is 34.4 Å². The Morgan fingerprint density at radius 1 is 0.504 bits per heavy atom. The Morgan fingerprint density at radius 3 is 1.21 bits per heavy atom. The lowest BCUT2D eigenvalue weighted by atomic mass is 9.89. The number of halogens is 3. The molecule has 17 rings (SSSR count).